The molecule has 1 saturated heterocycles. The molecule has 2 aromatic carbocycles. The number of hydrogen-bond donors (Lipinski definition) is 0. The number of nitrogens with zero attached hydrogens (tertiary/aromatic N) is 3. The Bertz CT molecular complexity index is 1290. The molecule has 1 aliphatic heterocycles. The minimum absolute atomic E-state index is 0.0593. The highest BCUT2D eigenvalue weighted by Crippen LogP contribution is 2.31. The molecule has 5 rings (SSSR count). The molecule has 0 spiro atoms. The SMILES string of the molecule is CCOc1cccc2cc(C(=O)N3CCC(c4nccn4CCCCOCc4ccccc4)CC3)oc12. The number of amides is 1. The van der Waals surface area contributed by atoms with Crippen LogP contribution in [0.1, 0.15) is 60.5 Å². The first-order valence-corrected chi connectivity index (χ1v) is 13.3. The molecule has 4 aromatic rings. The lowest BCUT2D eigenvalue weighted by Crippen LogP contribution is -2.38. The quantitative estimate of drug-likeness (QED) is 0.234. The molecule has 0 unspecified atom stereocenters. The number of unbranched alkanes of at least 4 members (excludes halogenated alkanes) is 1. The third-order valence-electron chi connectivity index (χ3n) is 6.96. The molecule has 37 heavy (non-hydrogen) atoms. The summed E-state index contributed by atoms with van der Waals surface area (Å²) in [5.74, 6) is 2.47. The number of carbonyl (C=O) groups excluding carboxylic acids is 1. The van der Waals surface area contributed by atoms with E-state index in [0.717, 1.165) is 50.0 Å². The molecule has 0 saturated carbocycles. The van der Waals surface area contributed by atoms with Crippen LogP contribution in [0.5, 0.6) is 5.75 Å². The van der Waals surface area contributed by atoms with E-state index in [0.29, 0.717) is 49.3 Å². The van der Waals surface area contributed by atoms with Crippen LogP contribution >= 0.6 is 0 Å². The van der Waals surface area contributed by atoms with Gasteiger partial charge in [-0.2, -0.15) is 0 Å². The Morgan fingerprint density at radius 2 is 1.92 bits per heavy atom. The van der Waals surface area contributed by atoms with Crippen LogP contribution < -0.4 is 4.74 Å². The second kappa shape index (κ2) is 12.1. The lowest BCUT2D eigenvalue weighted by molar-refractivity contribution is 0.0680. The largest absolute Gasteiger partial charge is 0.490 e. The molecule has 194 valence electrons. The molecule has 0 aliphatic carbocycles. The molecule has 0 bridgehead atoms. The first-order chi connectivity index (χ1) is 18.2. The zero-order valence-electron chi connectivity index (χ0n) is 21.5. The van der Waals surface area contributed by atoms with Crippen molar-refractivity contribution in [3.8, 4) is 5.75 Å². The number of fused-ring (bicyclic) bond motifs is 1. The van der Waals surface area contributed by atoms with E-state index in [1.165, 1.54) is 5.56 Å². The van der Waals surface area contributed by atoms with Crippen LogP contribution in [0, 0.1) is 0 Å². The summed E-state index contributed by atoms with van der Waals surface area (Å²) in [6.07, 6.45) is 7.82. The summed E-state index contributed by atoms with van der Waals surface area (Å²) in [5.41, 5.74) is 1.84. The number of aryl methyl sites for hydroxylation is 1. The van der Waals surface area contributed by atoms with E-state index in [2.05, 4.69) is 27.9 Å². The summed E-state index contributed by atoms with van der Waals surface area (Å²) in [5, 5.41) is 0.886. The number of benzene rings is 2. The molecule has 7 nitrogen and oxygen atoms in total. The number of carbonyl (C=O) groups is 1. The third kappa shape index (κ3) is 6.05. The van der Waals surface area contributed by atoms with Crippen molar-refractivity contribution < 1.29 is 18.7 Å². The molecule has 0 atom stereocenters. The van der Waals surface area contributed by atoms with Gasteiger partial charge in [0.05, 0.1) is 13.2 Å². The van der Waals surface area contributed by atoms with E-state index in [4.69, 9.17) is 13.9 Å². The number of imidazole rings is 1. The van der Waals surface area contributed by atoms with Gasteiger partial charge in [-0.1, -0.05) is 42.5 Å². The first-order valence-electron chi connectivity index (χ1n) is 13.3. The second-order valence-corrected chi connectivity index (χ2v) is 9.51. The Morgan fingerprint density at radius 1 is 1.08 bits per heavy atom. The van der Waals surface area contributed by atoms with Gasteiger partial charge in [-0.05, 0) is 50.3 Å². The van der Waals surface area contributed by atoms with Gasteiger partial charge in [0, 0.05) is 49.9 Å². The summed E-state index contributed by atoms with van der Waals surface area (Å²) in [6, 6.07) is 17.8. The van der Waals surface area contributed by atoms with Crippen molar-refractivity contribution in [2.45, 2.75) is 51.7 Å². The van der Waals surface area contributed by atoms with Crippen LogP contribution in [0.2, 0.25) is 0 Å². The monoisotopic (exact) mass is 501 g/mol. The number of para-hydroxylation sites is 1. The average Bonchev–Trinajstić information content (AvgIpc) is 3.59. The third-order valence-corrected chi connectivity index (χ3v) is 6.96. The highest BCUT2D eigenvalue weighted by atomic mass is 16.5. The zero-order chi connectivity index (χ0) is 25.5. The summed E-state index contributed by atoms with van der Waals surface area (Å²) in [7, 11) is 0. The minimum Gasteiger partial charge on any atom is -0.490 e. The predicted molar refractivity (Wildman–Crippen MR) is 143 cm³/mol. The maximum absolute atomic E-state index is 13.2. The van der Waals surface area contributed by atoms with E-state index in [9.17, 15) is 4.79 Å². The maximum Gasteiger partial charge on any atom is 0.289 e. The number of ether oxygens (including phenoxy) is 2. The molecule has 0 N–H and O–H groups in total. The van der Waals surface area contributed by atoms with E-state index in [1.807, 2.05) is 60.5 Å². The standard InChI is InChI=1S/C30H35N3O4/c1-2-36-26-12-8-11-25-21-27(37-28(25)26)30(34)33-17-13-24(14-18-33)29-31-15-19-32(29)16-6-7-20-35-22-23-9-4-3-5-10-23/h3-5,8-12,15,19,21,24H,2,6-7,13-14,16-18,20,22H2,1H3. The van der Waals surface area contributed by atoms with Crippen molar-refractivity contribution in [2.24, 2.45) is 0 Å². The molecule has 0 radical (unpaired) electrons. The fourth-order valence-electron chi connectivity index (χ4n) is 5.03. The average molecular weight is 502 g/mol. The lowest BCUT2D eigenvalue weighted by atomic mass is 9.95. The Balaban J connectivity index is 1.10. The molecule has 2 aromatic heterocycles. The van der Waals surface area contributed by atoms with Crippen molar-refractivity contribution in [3.63, 3.8) is 0 Å². The summed E-state index contributed by atoms with van der Waals surface area (Å²) in [4.78, 5) is 19.7. The van der Waals surface area contributed by atoms with Gasteiger partial charge >= 0.3 is 0 Å². The van der Waals surface area contributed by atoms with Crippen molar-refractivity contribution in [1.82, 2.24) is 14.5 Å². The van der Waals surface area contributed by atoms with Gasteiger partial charge in [-0.3, -0.25) is 4.79 Å². The highest BCUT2D eigenvalue weighted by Gasteiger charge is 2.28. The van der Waals surface area contributed by atoms with Crippen molar-refractivity contribution in [3.05, 3.63) is 84.1 Å². The van der Waals surface area contributed by atoms with E-state index in [1.54, 1.807) is 0 Å². The second-order valence-electron chi connectivity index (χ2n) is 9.51. The van der Waals surface area contributed by atoms with E-state index >= 15 is 0 Å². The zero-order valence-corrected chi connectivity index (χ0v) is 21.5. The van der Waals surface area contributed by atoms with Crippen molar-refractivity contribution in [2.75, 3.05) is 26.3 Å². The number of furan rings is 1. The van der Waals surface area contributed by atoms with Crippen LogP contribution in [-0.4, -0.2) is 46.7 Å². The number of aromatic nitrogens is 2. The molecule has 7 heteroatoms. The van der Waals surface area contributed by atoms with Gasteiger partial charge in [0.25, 0.3) is 5.91 Å². The van der Waals surface area contributed by atoms with Crippen LogP contribution in [0.15, 0.2) is 71.4 Å². The smallest absolute Gasteiger partial charge is 0.289 e. The molecular weight excluding hydrogens is 466 g/mol. The van der Waals surface area contributed by atoms with Crippen molar-refractivity contribution >= 4 is 16.9 Å². The topological polar surface area (TPSA) is 69.7 Å². The fraction of sp³-hybridized carbons (Fsp3) is 0.400. The summed E-state index contributed by atoms with van der Waals surface area (Å²) < 4.78 is 19.7. The predicted octanol–water partition coefficient (Wildman–Crippen LogP) is 6.04. The normalized spacial score (nSPS) is 14.4. The van der Waals surface area contributed by atoms with Gasteiger partial charge in [0.1, 0.15) is 5.82 Å². The summed E-state index contributed by atoms with van der Waals surface area (Å²) >= 11 is 0. The van der Waals surface area contributed by atoms with Gasteiger partial charge < -0.3 is 23.4 Å². The molecule has 1 aliphatic rings. The Morgan fingerprint density at radius 3 is 2.73 bits per heavy atom. The summed E-state index contributed by atoms with van der Waals surface area (Å²) in [6.45, 7) is 6.23. The first kappa shape index (κ1) is 25.1. The number of piperidine rings is 1. The molecular formula is C30H35N3O4. The molecule has 1 fully saturated rings. The minimum atomic E-state index is -0.0593. The Hall–Kier alpha value is -3.58. The lowest BCUT2D eigenvalue weighted by Gasteiger charge is -2.31. The number of hydrogen-bond acceptors (Lipinski definition) is 5. The molecule has 3 heterocycles. The van der Waals surface area contributed by atoms with Crippen LogP contribution in [0.3, 0.4) is 0 Å². The van der Waals surface area contributed by atoms with E-state index in [-0.39, 0.29) is 5.91 Å². The van der Waals surface area contributed by atoms with Gasteiger partial charge in [-0.25, -0.2) is 4.98 Å². The highest BCUT2D eigenvalue weighted by molar-refractivity contribution is 5.97. The van der Waals surface area contributed by atoms with Crippen LogP contribution in [-0.2, 0) is 17.9 Å². The number of rotatable bonds is 11. The van der Waals surface area contributed by atoms with Gasteiger partial charge in [-0.15, -0.1) is 0 Å². The van der Waals surface area contributed by atoms with Crippen LogP contribution in [0.4, 0.5) is 0 Å². The molecule has 1 amide bonds. The fourth-order valence-corrected chi connectivity index (χ4v) is 5.03. The van der Waals surface area contributed by atoms with Gasteiger partial charge in [0.2, 0.25) is 0 Å². The van der Waals surface area contributed by atoms with E-state index < -0.39 is 0 Å². The Labute approximate surface area is 218 Å². The van der Waals surface area contributed by atoms with Crippen molar-refractivity contribution in [1.29, 1.82) is 0 Å². The Kier molecular flexibility index (Phi) is 8.21. The number of likely N-dealkylation sites (tertiary alicyclic amines) is 1. The van der Waals surface area contributed by atoms with Crippen LogP contribution in [0.25, 0.3) is 11.0 Å². The van der Waals surface area contributed by atoms with Gasteiger partial charge in [0.15, 0.2) is 17.1 Å². The maximum atomic E-state index is 13.2.